The molecule has 10 nitrogen and oxygen atoms in total. The molecule has 0 aromatic rings. The van der Waals surface area contributed by atoms with Crippen LogP contribution in [0.4, 0.5) is 0 Å². The molecule has 0 unspecified atom stereocenters. The Morgan fingerprint density at radius 1 is 0.590 bits per heavy atom. The number of carbonyl (C=O) groups excluding carboxylic acids is 2. The molecule has 0 aliphatic carbocycles. The Kier molecular flexibility index (Phi) is 10.8. The van der Waals surface area contributed by atoms with Crippen molar-refractivity contribution >= 4 is 35.0 Å². The number of hydrogen-bond acceptors (Lipinski definition) is 8. The van der Waals surface area contributed by atoms with E-state index in [1.54, 1.807) is 0 Å². The van der Waals surface area contributed by atoms with Crippen molar-refractivity contribution in [1.29, 1.82) is 0 Å². The van der Waals surface area contributed by atoms with Crippen LogP contribution in [0, 0.1) is 23.7 Å². The van der Waals surface area contributed by atoms with Crippen molar-refractivity contribution in [2.75, 3.05) is 97.2 Å². The van der Waals surface area contributed by atoms with Crippen LogP contribution in [-0.4, -0.2) is 140 Å². The van der Waals surface area contributed by atoms with Crippen molar-refractivity contribution in [1.82, 2.24) is 19.6 Å². The lowest BCUT2D eigenvalue weighted by atomic mass is 9.76. The van der Waals surface area contributed by atoms with Gasteiger partial charge in [-0.1, -0.05) is 0 Å². The molecule has 0 aromatic heterocycles. The molecule has 12 heteroatoms. The summed E-state index contributed by atoms with van der Waals surface area (Å²) in [5.41, 5.74) is 0. The van der Waals surface area contributed by atoms with E-state index in [9.17, 15) is 9.59 Å². The van der Waals surface area contributed by atoms with Crippen LogP contribution in [0.5, 0.6) is 0 Å². The Bertz CT molecular complexity index is 763. The molecule has 0 spiro atoms. The summed E-state index contributed by atoms with van der Waals surface area (Å²) < 4.78 is 25.3. The van der Waals surface area contributed by atoms with Crippen molar-refractivity contribution < 1.29 is 28.5 Å². The van der Waals surface area contributed by atoms with E-state index in [1.807, 2.05) is 37.5 Å². The number of alkyl halides is 2. The third kappa shape index (κ3) is 6.09. The van der Waals surface area contributed by atoms with E-state index >= 15 is 0 Å². The second kappa shape index (κ2) is 13.5. The maximum atomic E-state index is 13.6. The van der Waals surface area contributed by atoms with Crippen LogP contribution < -0.4 is 0 Å². The van der Waals surface area contributed by atoms with E-state index in [0.717, 1.165) is 26.2 Å². The molecular weight excluding hydrogens is 547 g/mol. The predicted octanol–water partition coefficient (Wildman–Crippen LogP) is 1.74. The van der Waals surface area contributed by atoms with E-state index in [0.29, 0.717) is 65.7 Å². The molecule has 8 heterocycles. The highest BCUT2D eigenvalue weighted by molar-refractivity contribution is 6.40. The third-order valence-corrected chi connectivity index (χ3v) is 8.86. The van der Waals surface area contributed by atoms with E-state index in [1.165, 1.54) is 0 Å². The number of halogens is 2. The molecule has 0 N–H and O–H groups in total. The Balaban J connectivity index is 0.00000112. The Hall–Kier alpha value is -0.720. The summed E-state index contributed by atoms with van der Waals surface area (Å²) in [7, 11) is 0. The molecule has 8 aliphatic rings. The summed E-state index contributed by atoms with van der Waals surface area (Å²) in [6.07, 6.45) is 0. The fourth-order valence-corrected chi connectivity index (χ4v) is 7.70. The summed E-state index contributed by atoms with van der Waals surface area (Å²) in [5.74, 6) is -1.06. The fourth-order valence-electron chi connectivity index (χ4n) is 7.70. The maximum Gasteiger partial charge on any atom is 0.236 e. The maximum absolute atomic E-state index is 13.6. The van der Waals surface area contributed by atoms with Gasteiger partial charge < -0.3 is 28.7 Å². The minimum atomic E-state index is -0.735. The van der Waals surface area contributed by atoms with Gasteiger partial charge in [0.15, 0.2) is 11.6 Å². The van der Waals surface area contributed by atoms with Crippen LogP contribution in [0.3, 0.4) is 0 Å². The number of hydrogen-bond donors (Lipinski definition) is 0. The molecule has 8 rings (SSSR count). The number of rotatable bonds is 8. The average Bonchev–Trinajstić information content (AvgIpc) is 2.85. The molecule has 0 radical (unpaired) electrons. The largest absolute Gasteiger partial charge is 0.349 e. The van der Waals surface area contributed by atoms with Crippen molar-refractivity contribution in [2.24, 2.45) is 23.7 Å². The van der Waals surface area contributed by atoms with E-state index in [2.05, 4.69) is 9.80 Å². The number of nitrogens with zero attached hydrogens (tertiary/aromatic N) is 4. The van der Waals surface area contributed by atoms with Gasteiger partial charge in [0.05, 0.1) is 18.4 Å². The van der Waals surface area contributed by atoms with Gasteiger partial charge >= 0.3 is 0 Å². The zero-order chi connectivity index (χ0) is 28.2. The van der Waals surface area contributed by atoms with Crippen molar-refractivity contribution in [3.05, 3.63) is 0 Å². The minimum Gasteiger partial charge on any atom is -0.349 e. The zero-order valence-corrected chi connectivity index (χ0v) is 25.4. The second-order valence-electron chi connectivity index (χ2n) is 11.0. The predicted molar refractivity (Wildman–Crippen MR) is 149 cm³/mol. The van der Waals surface area contributed by atoms with Crippen LogP contribution in [0.15, 0.2) is 0 Å². The monoisotopic (exact) mass is 592 g/mol. The highest BCUT2D eigenvalue weighted by Crippen LogP contribution is 2.44. The topological polar surface area (TPSA) is 84.0 Å². The summed E-state index contributed by atoms with van der Waals surface area (Å²) in [4.78, 5) is 35.8. The van der Waals surface area contributed by atoms with E-state index in [4.69, 9.17) is 42.1 Å². The summed E-state index contributed by atoms with van der Waals surface area (Å²) in [5, 5.41) is 0.194. The summed E-state index contributed by atoms with van der Waals surface area (Å²) in [6, 6.07) is 0. The summed E-state index contributed by atoms with van der Waals surface area (Å²) >= 11 is 9.53. The summed E-state index contributed by atoms with van der Waals surface area (Å²) in [6.45, 7) is 16.1. The quantitative estimate of drug-likeness (QED) is 0.311. The SMILES string of the molecule is CCOC1(OCC)C2CN3CC(=O)N4CC5CN(CC(C4)C5(OCC)OCC)C(=O)CN(C2)CC1C3.ClCCl. The molecule has 8 fully saturated rings. The fraction of sp³-hybridized carbons (Fsp3) is 0.926. The molecular formula is C27H46Cl2N4O6. The smallest absolute Gasteiger partial charge is 0.236 e. The molecule has 2 amide bonds. The van der Waals surface area contributed by atoms with Gasteiger partial charge in [-0.05, 0) is 27.7 Å². The Morgan fingerprint density at radius 2 is 0.846 bits per heavy atom. The first-order chi connectivity index (χ1) is 18.8. The van der Waals surface area contributed by atoms with Crippen molar-refractivity contribution in [3.8, 4) is 0 Å². The van der Waals surface area contributed by atoms with Crippen LogP contribution >= 0.6 is 23.2 Å². The van der Waals surface area contributed by atoms with Gasteiger partial charge in [0.25, 0.3) is 0 Å². The van der Waals surface area contributed by atoms with Gasteiger partial charge in [-0.15, -0.1) is 23.2 Å². The van der Waals surface area contributed by atoms with Gasteiger partial charge in [0.1, 0.15) is 0 Å². The molecule has 8 aliphatic heterocycles. The van der Waals surface area contributed by atoms with E-state index < -0.39 is 11.6 Å². The lowest BCUT2D eigenvalue weighted by Gasteiger charge is -2.59. The standard InChI is InChI=1S/C26H44N4O6.CH2Cl2/c1-5-33-25(34-6-2)19-9-27-11-20(25)12-28(10-19)18-24(32)30-15-21-13-29(23(31)17-27)14-22(16-30)26(21,35-7-3)36-8-4;2-1-3/h19-22H,5-18H2,1-4H3;1H2. The molecule has 0 atom stereocenters. The van der Waals surface area contributed by atoms with Gasteiger partial charge in [0, 0.05) is 102 Å². The van der Waals surface area contributed by atoms with Crippen LogP contribution in [0.25, 0.3) is 0 Å². The third-order valence-electron chi connectivity index (χ3n) is 8.86. The number of carbonyl (C=O) groups is 2. The molecule has 39 heavy (non-hydrogen) atoms. The van der Waals surface area contributed by atoms with Crippen molar-refractivity contribution in [3.63, 3.8) is 0 Å². The Labute approximate surface area is 243 Å². The second-order valence-corrected chi connectivity index (χ2v) is 11.9. The first kappa shape index (κ1) is 31.2. The minimum absolute atomic E-state index is 0.0671. The van der Waals surface area contributed by atoms with Gasteiger partial charge in [0.2, 0.25) is 11.8 Å². The van der Waals surface area contributed by atoms with Crippen LogP contribution in [-0.2, 0) is 28.5 Å². The number of ether oxygens (including phenoxy) is 4. The Morgan fingerprint density at radius 3 is 1.10 bits per heavy atom. The molecule has 0 saturated carbocycles. The zero-order valence-electron chi connectivity index (χ0n) is 23.9. The van der Waals surface area contributed by atoms with Crippen LogP contribution in [0.2, 0.25) is 0 Å². The first-order valence-corrected chi connectivity index (χ1v) is 15.5. The molecule has 8 bridgehead atoms. The molecule has 224 valence electrons. The lowest BCUT2D eigenvalue weighted by Crippen LogP contribution is -2.73. The van der Waals surface area contributed by atoms with E-state index in [-0.39, 0.29) is 40.8 Å². The number of amides is 2. The molecule has 0 aromatic carbocycles. The highest BCUT2D eigenvalue weighted by atomic mass is 35.5. The molecule has 8 saturated heterocycles. The average molecular weight is 594 g/mol. The first-order valence-electron chi connectivity index (χ1n) is 14.5. The lowest BCUT2D eigenvalue weighted by molar-refractivity contribution is -0.329. The van der Waals surface area contributed by atoms with Gasteiger partial charge in [-0.3, -0.25) is 19.4 Å². The van der Waals surface area contributed by atoms with Gasteiger partial charge in [-0.25, -0.2) is 0 Å². The van der Waals surface area contributed by atoms with Crippen LogP contribution in [0.1, 0.15) is 27.7 Å². The van der Waals surface area contributed by atoms with Gasteiger partial charge in [-0.2, -0.15) is 0 Å². The number of piperidine rings is 4. The van der Waals surface area contributed by atoms with Crippen molar-refractivity contribution in [2.45, 2.75) is 39.3 Å². The highest BCUT2D eigenvalue weighted by Gasteiger charge is 2.59. The normalized spacial score (nSPS) is 34.7.